The van der Waals surface area contributed by atoms with Crippen LogP contribution < -0.4 is 4.72 Å². The zero-order valence-corrected chi connectivity index (χ0v) is 14.0. The Labute approximate surface area is 123 Å². The summed E-state index contributed by atoms with van der Waals surface area (Å²) in [7, 11) is -3.42. The van der Waals surface area contributed by atoms with E-state index in [0.29, 0.717) is 37.4 Å². The van der Waals surface area contributed by atoms with E-state index in [-0.39, 0.29) is 12.5 Å². The molecule has 0 aromatic carbocycles. The van der Waals surface area contributed by atoms with Crippen molar-refractivity contribution >= 4 is 10.2 Å². The van der Waals surface area contributed by atoms with Crippen LogP contribution in [0.5, 0.6) is 0 Å². The van der Waals surface area contributed by atoms with Crippen molar-refractivity contribution in [2.75, 3.05) is 26.2 Å². The summed E-state index contributed by atoms with van der Waals surface area (Å²) in [6, 6.07) is 0. The molecule has 0 aromatic rings. The Hall–Kier alpha value is -0.170. The van der Waals surface area contributed by atoms with Gasteiger partial charge >= 0.3 is 0 Å². The van der Waals surface area contributed by atoms with Gasteiger partial charge in [0, 0.05) is 26.2 Å². The van der Waals surface area contributed by atoms with Crippen molar-refractivity contribution in [3.8, 4) is 0 Å². The van der Waals surface area contributed by atoms with Gasteiger partial charge in [-0.3, -0.25) is 0 Å². The minimum Gasteiger partial charge on any atom is -0.396 e. The summed E-state index contributed by atoms with van der Waals surface area (Å²) in [6.07, 6.45) is 1.73. The Balaban J connectivity index is 2.60. The second-order valence-corrected chi connectivity index (χ2v) is 8.31. The van der Waals surface area contributed by atoms with Gasteiger partial charge in [-0.1, -0.05) is 27.7 Å². The van der Waals surface area contributed by atoms with E-state index >= 15 is 0 Å². The quantitative estimate of drug-likeness (QED) is 0.748. The normalized spacial score (nSPS) is 22.1. The molecular formula is C14H30N2O3S. The molecule has 120 valence electrons. The third kappa shape index (κ3) is 4.98. The van der Waals surface area contributed by atoms with Gasteiger partial charge in [-0.05, 0) is 36.5 Å². The van der Waals surface area contributed by atoms with Crippen molar-refractivity contribution in [1.82, 2.24) is 9.03 Å². The maximum absolute atomic E-state index is 12.3. The highest BCUT2D eigenvalue weighted by Gasteiger charge is 2.29. The number of hydrogen-bond acceptors (Lipinski definition) is 3. The molecule has 0 spiro atoms. The predicted octanol–water partition coefficient (Wildman–Crippen LogP) is 1.45. The van der Waals surface area contributed by atoms with Crippen molar-refractivity contribution < 1.29 is 13.5 Å². The van der Waals surface area contributed by atoms with Crippen LogP contribution in [-0.2, 0) is 10.2 Å². The molecule has 2 N–H and O–H groups in total. The lowest BCUT2D eigenvalue weighted by atomic mass is 9.86. The Morgan fingerprint density at radius 2 is 1.85 bits per heavy atom. The average molecular weight is 306 g/mol. The van der Waals surface area contributed by atoms with Gasteiger partial charge < -0.3 is 5.11 Å². The minimum absolute atomic E-state index is 0.0621. The number of aliphatic hydroxyl groups is 1. The van der Waals surface area contributed by atoms with Crippen LogP contribution in [0.2, 0.25) is 0 Å². The van der Waals surface area contributed by atoms with Crippen molar-refractivity contribution in [2.45, 2.75) is 40.5 Å². The zero-order chi connectivity index (χ0) is 15.3. The molecular weight excluding hydrogens is 276 g/mol. The van der Waals surface area contributed by atoms with Gasteiger partial charge in [0.05, 0.1) is 0 Å². The molecule has 0 aromatic heterocycles. The Kier molecular flexibility index (Phi) is 6.91. The van der Waals surface area contributed by atoms with Crippen molar-refractivity contribution in [1.29, 1.82) is 0 Å². The lowest BCUT2D eigenvalue weighted by molar-refractivity contribution is 0.164. The van der Waals surface area contributed by atoms with Crippen LogP contribution in [0.25, 0.3) is 0 Å². The van der Waals surface area contributed by atoms with E-state index in [9.17, 15) is 13.5 Å². The van der Waals surface area contributed by atoms with Crippen LogP contribution in [0.3, 0.4) is 0 Å². The van der Waals surface area contributed by atoms with Gasteiger partial charge in [-0.2, -0.15) is 12.7 Å². The highest BCUT2D eigenvalue weighted by molar-refractivity contribution is 7.87. The molecule has 0 bridgehead atoms. The molecule has 0 saturated carbocycles. The van der Waals surface area contributed by atoms with Crippen LogP contribution in [-0.4, -0.2) is 44.1 Å². The lowest BCUT2D eigenvalue weighted by Crippen LogP contribution is -2.48. The minimum atomic E-state index is -3.42. The largest absolute Gasteiger partial charge is 0.396 e. The summed E-state index contributed by atoms with van der Waals surface area (Å²) in [5.74, 6) is 1.31. The van der Waals surface area contributed by atoms with E-state index in [1.807, 2.05) is 0 Å². The molecule has 5 nitrogen and oxygen atoms in total. The molecule has 1 aliphatic rings. The van der Waals surface area contributed by atoms with Crippen LogP contribution >= 0.6 is 0 Å². The van der Waals surface area contributed by atoms with Crippen LogP contribution in [0, 0.1) is 23.7 Å². The monoisotopic (exact) mass is 306 g/mol. The fourth-order valence-corrected chi connectivity index (χ4v) is 4.29. The molecule has 1 unspecified atom stereocenters. The predicted molar refractivity (Wildman–Crippen MR) is 81.5 cm³/mol. The van der Waals surface area contributed by atoms with Crippen molar-refractivity contribution in [3.05, 3.63) is 0 Å². The molecule has 1 fully saturated rings. The maximum Gasteiger partial charge on any atom is 0.279 e. The fraction of sp³-hybridized carbons (Fsp3) is 1.00. The standard InChI is InChI=1S/C14H30N2O3S/c1-11(2)14(12(3)4)8-15-20(18,19)16-7-5-6-13(9-16)10-17/h11-15,17H,5-10H2,1-4H3. The van der Waals surface area contributed by atoms with E-state index in [2.05, 4.69) is 32.4 Å². The molecule has 1 heterocycles. The smallest absolute Gasteiger partial charge is 0.279 e. The zero-order valence-electron chi connectivity index (χ0n) is 13.2. The second-order valence-electron chi connectivity index (χ2n) is 6.55. The first kappa shape index (κ1) is 17.9. The van der Waals surface area contributed by atoms with Gasteiger partial charge in [-0.15, -0.1) is 0 Å². The number of nitrogens with one attached hydrogen (secondary N) is 1. The molecule has 0 amide bonds. The molecule has 6 heteroatoms. The SMILES string of the molecule is CC(C)C(CNS(=O)(=O)N1CCCC(CO)C1)C(C)C. The Morgan fingerprint density at radius 3 is 2.35 bits per heavy atom. The number of hydrogen-bond donors (Lipinski definition) is 2. The van der Waals surface area contributed by atoms with Gasteiger partial charge in [0.2, 0.25) is 0 Å². The number of aliphatic hydroxyl groups excluding tert-OH is 1. The van der Waals surface area contributed by atoms with E-state index < -0.39 is 10.2 Å². The second kappa shape index (κ2) is 7.73. The van der Waals surface area contributed by atoms with Crippen molar-refractivity contribution in [2.24, 2.45) is 23.7 Å². The Bertz CT molecular complexity index is 374. The molecule has 0 radical (unpaired) electrons. The van der Waals surface area contributed by atoms with Gasteiger partial charge in [0.1, 0.15) is 0 Å². The molecule has 1 aliphatic heterocycles. The Morgan fingerprint density at radius 1 is 1.25 bits per heavy atom. The molecule has 1 atom stereocenters. The van der Waals surface area contributed by atoms with Gasteiger partial charge in [0.15, 0.2) is 0 Å². The summed E-state index contributed by atoms with van der Waals surface area (Å²) < 4.78 is 28.9. The van der Waals surface area contributed by atoms with Crippen molar-refractivity contribution in [3.63, 3.8) is 0 Å². The number of piperidine rings is 1. The average Bonchev–Trinajstić information content (AvgIpc) is 2.38. The van der Waals surface area contributed by atoms with E-state index in [0.717, 1.165) is 12.8 Å². The highest BCUT2D eigenvalue weighted by Crippen LogP contribution is 2.21. The summed E-state index contributed by atoms with van der Waals surface area (Å²) in [6.45, 7) is 10.0. The topological polar surface area (TPSA) is 69.6 Å². The summed E-state index contributed by atoms with van der Waals surface area (Å²) in [5.41, 5.74) is 0. The molecule has 1 rings (SSSR count). The summed E-state index contributed by atoms with van der Waals surface area (Å²) in [4.78, 5) is 0. The summed E-state index contributed by atoms with van der Waals surface area (Å²) >= 11 is 0. The summed E-state index contributed by atoms with van der Waals surface area (Å²) in [5, 5.41) is 9.20. The third-order valence-corrected chi connectivity index (χ3v) is 5.84. The van der Waals surface area contributed by atoms with Gasteiger partial charge in [-0.25, -0.2) is 4.72 Å². The third-order valence-electron chi connectivity index (χ3n) is 4.29. The fourth-order valence-electron chi connectivity index (χ4n) is 2.93. The molecule has 0 aliphatic carbocycles. The van der Waals surface area contributed by atoms with E-state index in [1.54, 1.807) is 0 Å². The first-order valence-corrected chi connectivity index (χ1v) is 9.07. The molecule has 20 heavy (non-hydrogen) atoms. The first-order chi connectivity index (χ1) is 9.27. The van der Waals surface area contributed by atoms with E-state index in [4.69, 9.17) is 0 Å². The molecule has 1 saturated heterocycles. The van der Waals surface area contributed by atoms with Crippen LogP contribution in [0.15, 0.2) is 0 Å². The first-order valence-electron chi connectivity index (χ1n) is 7.63. The van der Waals surface area contributed by atoms with Crippen LogP contribution in [0.1, 0.15) is 40.5 Å². The number of rotatable bonds is 7. The highest BCUT2D eigenvalue weighted by atomic mass is 32.2. The maximum atomic E-state index is 12.3. The van der Waals surface area contributed by atoms with Crippen LogP contribution in [0.4, 0.5) is 0 Å². The van der Waals surface area contributed by atoms with E-state index in [1.165, 1.54) is 4.31 Å². The number of nitrogens with zero attached hydrogens (tertiary/aromatic N) is 1. The van der Waals surface area contributed by atoms with Gasteiger partial charge in [0.25, 0.3) is 10.2 Å². The lowest BCUT2D eigenvalue weighted by Gasteiger charge is -2.32.